The van der Waals surface area contributed by atoms with Crippen LogP contribution in [0.2, 0.25) is 0 Å². The van der Waals surface area contributed by atoms with Gasteiger partial charge < -0.3 is 5.32 Å². The first-order valence-corrected chi connectivity index (χ1v) is 8.66. The number of carbonyl (C=O) groups is 2. The van der Waals surface area contributed by atoms with Gasteiger partial charge in [-0.25, -0.2) is 4.98 Å². The number of carbonyl (C=O) groups excluding carboxylic acids is 2. The molecule has 0 aliphatic carbocycles. The van der Waals surface area contributed by atoms with E-state index in [-0.39, 0.29) is 11.7 Å². The average molecular weight is 353 g/mol. The first-order chi connectivity index (χ1) is 11.8. The summed E-state index contributed by atoms with van der Waals surface area (Å²) in [6.45, 7) is 6.98. The number of amides is 1. The predicted octanol–water partition coefficient (Wildman–Crippen LogP) is 3.89. The fourth-order valence-corrected chi connectivity index (χ4v) is 3.30. The second-order valence-corrected chi connectivity index (χ2v) is 7.08. The van der Waals surface area contributed by atoms with Crippen LogP contribution in [0.3, 0.4) is 0 Å². The van der Waals surface area contributed by atoms with E-state index in [1.165, 1.54) is 18.7 Å². The van der Waals surface area contributed by atoms with Crippen LogP contribution in [0.15, 0.2) is 35.4 Å². The predicted molar refractivity (Wildman–Crippen MR) is 98.8 cm³/mol. The zero-order valence-electron chi connectivity index (χ0n) is 14.6. The number of aryl methyl sites for hydroxylation is 2. The van der Waals surface area contributed by atoms with E-state index < -0.39 is 5.25 Å². The molecule has 0 radical (unpaired) electrons. The van der Waals surface area contributed by atoms with Crippen LogP contribution in [0.1, 0.15) is 41.0 Å². The molecule has 128 valence electrons. The number of thioether (sulfide) groups is 1. The monoisotopic (exact) mass is 353 g/mol. The molecule has 25 heavy (non-hydrogen) atoms. The van der Waals surface area contributed by atoms with E-state index in [4.69, 9.17) is 0 Å². The molecule has 0 fully saturated rings. The largest absolute Gasteiger partial charge is 0.325 e. The highest BCUT2D eigenvalue weighted by Crippen LogP contribution is 2.28. The SMILES string of the molecule is CC(=O)c1ccc(NC(=O)C(C)Sc2nc(C)cc(C)c2C#N)cc1. The summed E-state index contributed by atoms with van der Waals surface area (Å²) in [4.78, 5) is 28.1. The highest BCUT2D eigenvalue weighted by molar-refractivity contribution is 8.00. The van der Waals surface area contributed by atoms with E-state index in [0.29, 0.717) is 21.8 Å². The molecule has 0 saturated carbocycles. The number of hydrogen-bond acceptors (Lipinski definition) is 5. The molecule has 1 unspecified atom stereocenters. The Morgan fingerprint density at radius 3 is 2.44 bits per heavy atom. The van der Waals surface area contributed by atoms with Crippen molar-refractivity contribution in [3.63, 3.8) is 0 Å². The molecule has 0 aliphatic rings. The van der Waals surface area contributed by atoms with E-state index in [2.05, 4.69) is 16.4 Å². The summed E-state index contributed by atoms with van der Waals surface area (Å²) in [5.74, 6) is -0.211. The smallest absolute Gasteiger partial charge is 0.237 e. The van der Waals surface area contributed by atoms with Crippen LogP contribution in [0.25, 0.3) is 0 Å². The minimum absolute atomic E-state index is 0.0216. The van der Waals surface area contributed by atoms with Crippen LogP contribution in [0, 0.1) is 25.2 Å². The van der Waals surface area contributed by atoms with Crippen LogP contribution in [-0.2, 0) is 4.79 Å². The van der Waals surface area contributed by atoms with Crippen LogP contribution < -0.4 is 5.32 Å². The zero-order chi connectivity index (χ0) is 18.6. The van der Waals surface area contributed by atoms with Crippen LogP contribution in [0.5, 0.6) is 0 Å². The lowest BCUT2D eigenvalue weighted by Gasteiger charge is -2.13. The molecule has 0 aliphatic heterocycles. The van der Waals surface area contributed by atoms with Gasteiger partial charge in [0, 0.05) is 16.9 Å². The fourth-order valence-electron chi connectivity index (χ4n) is 2.28. The van der Waals surface area contributed by atoms with Gasteiger partial charge in [-0.2, -0.15) is 5.26 Å². The standard InChI is InChI=1S/C19H19N3O2S/c1-11-9-12(2)21-19(17(11)10-20)25-14(4)18(24)22-16-7-5-15(6-8-16)13(3)23/h5-9,14H,1-4H3,(H,22,24). The molecule has 0 bridgehead atoms. The summed E-state index contributed by atoms with van der Waals surface area (Å²) in [5, 5.41) is 12.3. The van der Waals surface area contributed by atoms with E-state index >= 15 is 0 Å². The molecule has 1 N–H and O–H groups in total. The Kier molecular flexibility index (Phi) is 5.94. The molecule has 0 spiro atoms. The second-order valence-electron chi connectivity index (χ2n) is 5.76. The number of nitrogens with one attached hydrogen (secondary N) is 1. The third-order valence-corrected chi connectivity index (χ3v) is 4.73. The van der Waals surface area contributed by atoms with Gasteiger partial charge in [0.1, 0.15) is 11.1 Å². The zero-order valence-corrected chi connectivity index (χ0v) is 15.4. The quantitative estimate of drug-likeness (QED) is 0.651. The minimum Gasteiger partial charge on any atom is -0.325 e. The van der Waals surface area contributed by atoms with Gasteiger partial charge in [0.15, 0.2) is 5.78 Å². The maximum absolute atomic E-state index is 12.4. The van der Waals surface area contributed by atoms with E-state index in [0.717, 1.165) is 11.3 Å². The van der Waals surface area contributed by atoms with Crippen molar-refractivity contribution < 1.29 is 9.59 Å². The van der Waals surface area contributed by atoms with Gasteiger partial charge in [0.25, 0.3) is 0 Å². The third-order valence-electron chi connectivity index (χ3n) is 3.64. The van der Waals surface area contributed by atoms with Crippen molar-refractivity contribution in [1.29, 1.82) is 5.26 Å². The van der Waals surface area contributed by atoms with Gasteiger partial charge in [-0.3, -0.25) is 9.59 Å². The van der Waals surface area contributed by atoms with Gasteiger partial charge in [0.2, 0.25) is 5.91 Å². The Balaban J connectivity index is 2.11. The maximum Gasteiger partial charge on any atom is 0.237 e. The Morgan fingerprint density at radius 2 is 1.88 bits per heavy atom. The van der Waals surface area contributed by atoms with E-state index in [1.807, 2.05) is 19.9 Å². The molecule has 2 aromatic rings. The van der Waals surface area contributed by atoms with Crippen molar-refractivity contribution >= 4 is 29.1 Å². The number of nitriles is 1. The van der Waals surface area contributed by atoms with Crippen molar-refractivity contribution in [2.45, 2.75) is 38.0 Å². The summed E-state index contributed by atoms with van der Waals surface area (Å²) in [6.07, 6.45) is 0. The first-order valence-electron chi connectivity index (χ1n) is 7.78. The maximum atomic E-state index is 12.4. The van der Waals surface area contributed by atoms with Gasteiger partial charge in [0.05, 0.1) is 10.8 Å². The molecule has 5 nitrogen and oxygen atoms in total. The summed E-state index contributed by atoms with van der Waals surface area (Å²) in [5.41, 5.74) is 3.38. The second kappa shape index (κ2) is 7.95. The van der Waals surface area contributed by atoms with Crippen LogP contribution >= 0.6 is 11.8 Å². The number of hydrogen-bond donors (Lipinski definition) is 1. The summed E-state index contributed by atoms with van der Waals surface area (Å²) in [6, 6.07) is 10.7. The Labute approximate surface area is 151 Å². The number of nitrogens with zero attached hydrogens (tertiary/aromatic N) is 2. The van der Waals surface area contributed by atoms with E-state index in [9.17, 15) is 14.9 Å². The lowest BCUT2D eigenvalue weighted by Crippen LogP contribution is -2.22. The van der Waals surface area contributed by atoms with Crippen molar-refractivity contribution in [2.24, 2.45) is 0 Å². The number of ketones is 1. The van der Waals surface area contributed by atoms with E-state index in [1.54, 1.807) is 31.2 Å². The molecule has 1 atom stereocenters. The van der Waals surface area contributed by atoms with Gasteiger partial charge in [-0.15, -0.1) is 0 Å². The van der Waals surface area contributed by atoms with Gasteiger partial charge >= 0.3 is 0 Å². The number of rotatable bonds is 5. The number of anilines is 1. The number of pyridine rings is 1. The molecule has 6 heteroatoms. The number of aromatic nitrogens is 1. The molecule has 1 aromatic carbocycles. The number of benzene rings is 1. The Hall–Kier alpha value is -2.65. The molecular weight excluding hydrogens is 334 g/mol. The highest BCUT2D eigenvalue weighted by atomic mass is 32.2. The molecule has 0 saturated heterocycles. The molecule has 1 aromatic heterocycles. The van der Waals surface area contributed by atoms with Crippen molar-refractivity contribution in [3.05, 3.63) is 52.7 Å². The minimum atomic E-state index is -0.423. The molecule has 1 amide bonds. The molecule has 1 heterocycles. The van der Waals surface area contributed by atoms with Crippen molar-refractivity contribution in [2.75, 3.05) is 5.32 Å². The molecule has 2 rings (SSSR count). The lowest BCUT2D eigenvalue weighted by molar-refractivity contribution is -0.115. The summed E-state index contributed by atoms with van der Waals surface area (Å²) >= 11 is 1.26. The normalized spacial score (nSPS) is 11.5. The van der Waals surface area contributed by atoms with Crippen LogP contribution in [-0.4, -0.2) is 21.9 Å². The lowest BCUT2D eigenvalue weighted by atomic mass is 10.1. The Morgan fingerprint density at radius 1 is 1.24 bits per heavy atom. The first kappa shape index (κ1) is 18.7. The summed E-state index contributed by atoms with van der Waals surface area (Å²) < 4.78 is 0. The average Bonchev–Trinajstić information content (AvgIpc) is 2.54. The Bertz CT molecular complexity index is 854. The number of Topliss-reactive ketones (excluding diaryl/α,β-unsaturated/α-hetero) is 1. The third kappa shape index (κ3) is 4.68. The van der Waals surface area contributed by atoms with Gasteiger partial charge in [-0.1, -0.05) is 11.8 Å². The van der Waals surface area contributed by atoms with Gasteiger partial charge in [-0.05, 0) is 63.6 Å². The van der Waals surface area contributed by atoms with Crippen molar-refractivity contribution in [3.8, 4) is 6.07 Å². The van der Waals surface area contributed by atoms with Crippen molar-refractivity contribution in [1.82, 2.24) is 4.98 Å². The topological polar surface area (TPSA) is 82.8 Å². The highest BCUT2D eigenvalue weighted by Gasteiger charge is 2.19. The fraction of sp³-hybridized carbons (Fsp3) is 0.263. The summed E-state index contributed by atoms with van der Waals surface area (Å²) in [7, 11) is 0. The molecular formula is C19H19N3O2S. The van der Waals surface area contributed by atoms with Crippen LogP contribution in [0.4, 0.5) is 5.69 Å².